The summed E-state index contributed by atoms with van der Waals surface area (Å²) in [7, 11) is 0. The number of para-hydroxylation sites is 1. The number of carbonyl (C=O) groups is 1. The van der Waals surface area contributed by atoms with Gasteiger partial charge >= 0.3 is 5.97 Å². The second-order valence-corrected chi connectivity index (χ2v) is 6.99. The van der Waals surface area contributed by atoms with Gasteiger partial charge in [0.15, 0.2) is 0 Å². The smallest absolute Gasteiger partial charge is 0.330 e. The molecule has 0 aliphatic heterocycles. The van der Waals surface area contributed by atoms with Crippen LogP contribution in [0.2, 0.25) is 0 Å². The third-order valence-corrected chi connectivity index (χ3v) is 4.79. The molecule has 0 spiro atoms. The minimum absolute atomic E-state index is 0.0305. The van der Waals surface area contributed by atoms with E-state index in [0.29, 0.717) is 11.5 Å². The molecule has 0 fully saturated rings. The van der Waals surface area contributed by atoms with Crippen LogP contribution in [0.15, 0.2) is 91.5 Å². The number of ether oxygens (including phenoxy) is 3. The van der Waals surface area contributed by atoms with Crippen LogP contribution in [0.1, 0.15) is 0 Å². The quantitative estimate of drug-likeness (QED) is 0.242. The van der Waals surface area contributed by atoms with Crippen molar-refractivity contribution in [3.8, 4) is 17.2 Å². The Hall–Kier alpha value is -3.83. The van der Waals surface area contributed by atoms with Gasteiger partial charge in [-0.15, -0.1) is 0 Å². The van der Waals surface area contributed by atoms with Gasteiger partial charge in [-0.25, -0.2) is 4.79 Å². The molecule has 0 aromatic heterocycles. The lowest BCUT2D eigenvalue weighted by Crippen LogP contribution is -2.24. The van der Waals surface area contributed by atoms with Crippen molar-refractivity contribution < 1.29 is 24.1 Å². The van der Waals surface area contributed by atoms with Crippen LogP contribution >= 0.6 is 0 Å². The van der Waals surface area contributed by atoms with Crippen LogP contribution in [-0.2, 0) is 9.53 Å². The van der Waals surface area contributed by atoms with Crippen molar-refractivity contribution >= 4 is 27.5 Å². The predicted octanol–water partition coefficient (Wildman–Crippen LogP) is 5.25. The van der Waals surface area contributed by atoms with E-state index in [1.54, 1.807) is 0 Å². The lowest BCUT2D eigenvalue weighted by atomic mass is 10.0. The number of rotatable bonds is 8. The second-order valence-electron chi connectivity index (χ2n) is 6.99. The van der Waals surface area contributed by atoms with Gasteiger partial charge in [0.1, 0.15) is 36.6 Å². The first kappa shape index (κ1) is 20.4. The fraction of sp³-hybridized carbons (Fsp3) is 0.115. The predicted molar refractivity (Wildman–Crippen MR) is 121 cm³/mol. The Bertz CT molecular complexity index is 1220. The van der Waals surface area contributed by atoms with Gasteiger partial charge < -0.3 is 19.3 Å². The lowest BCUT2D eigenvalue weighted by molar-refractivity contribution is -0.141. The van der Waals surface area contributed by atoms with E-state index in [4.69, 9.17) is 14.2 Å². The lowest BCUT2D eigenvalue weighted by Gasteiger charge is -2.17. The van der Waals surface area contributed by atoms with Crippen LogP contribution in [0.4, 0.5) is 0 Å². The van der Waals surface area contributed by atoms with E-state index < -0.39 is 12.1 Å². The summed E-state index contributed by atoms with van der Waals surface area (Å²) in [6.07, 6.45) is 0.0849. The van der Waals surface area contributed by atoms with E-state index >= 15 is 0 Å². The first-order chi connectivity index (χ1) is 15.2. The molecule has 0 heterocycles. The molecule has 1 N–H and O–H groups in total. The highest BCUT2D eigenvalue weighted by Gasteiger charge is 2.15. The third kappa shape index (κ3) is 4.68. The van der Waals surface area contributed by atoms with Crippen LogP contribution in [0.5, 0.6) is 17.2 Å². The maximum atomic E-state index is 11.2. The number of benzene rings is 4. The Morgan fingerprint density at radius 2 is 1.65 bits per heavy atom. The van der Waals surface area contributed by atoms with E-state index in [1.807, 2.05) is 72.8 Å². The molecular weight excluding hydrogens is 392 g/mol. The highest BCUT2D eigenvalue weighted by atomic mass is 16.5. The number of aliphatic hydroxyl groups excluding tert-OH is 1. The molecule has 5 heteroatoms. The third-order valence-electron chi connectivity index (χ3n) is 4.79. The summed E-state index contributed by atoms with van der Waals surface area (Å²) in [5.74, 6) is 1.50. The van der Waals surface area contributed by atoms with Crippen molar-refractivity contribution in [2.24, 2.45) is 0 Å². The molecule has 0 amide bonds. The SMILES string of the molecule is C=CC(=O)OCC(O)COc1c2ccccc2cc2c(Oc3ccccc3)cccc12. The Morgan fingerprint density at radius 1 is 0.903 bits per heavy atom. The van der Waals surface area contributed by atoms with Gasteiger partial charge in [-0.1, -0.05) is 61.2 Å². The maximum Gasteiger partial charge on any atom is 0.330 e. The molecule has 4 aromatic carbocycles. The van der Waals surface area contributed by atoms with Crippen molar-refractivity contribution in [1.82, 2.24) is 0 Å². The Labute approximate surface area is 180 Å². The number of fused-ring (bicyclic) bond motifs is 2. The highest BCUT2D eigenvalue weighted by Crippen LogP contribution is 2.40. The number of hydrogen-bond acceptors (Lipinski definition) is 5. The molecule has 0 bridgehead atoms. The summed E-state index contributed by atoms with van der Waals surface area (Å²) in [6, 6.07) is 25.3. The first-order valence-electron chi connectivity index (χ1n) is 9.93. The molecule has 31 heavy (non-hydrogen) atoms. The molecule has 4 rings (SSSR count). The average Bonchev–Trinajstić information content (AvgIpc) is 2.81. The molecule has 0 radical (unpaired) electrons. The summed E-state index contributed by atoms with van der Waals surface area (Å²) in [4.78, 5) is 11.2. The summed E-state index contributed by atoms with van der Waals surface area (Å²) in [6.45, 7) is 3.14. The average molecular weight is 414 g/mol. The van der Waals surface area contributed by atoms with E-state index in [0.717, 1.165) is 33.4 Å². The zero-order valence-corrected chi connectivity index (χ0v) is 16.9. The molecule has 0 aliphatic rings. The van der Waals surface area contributed by atoms with E-state index in [2.05, 4.69) is 12.6 Å². The monoisotopic (exact) mass is 414 g/mol. The highest BCUT2D eigenvalue weighted by molar-refractivity contribution is 6.07. The van der Waals surface area contributed by atoms with Crippen molar-refractivity contribution in [2.45, 2.75) is 6.10 Å². The molecule has 1 unspecified atom stereocenters. The van der Waals surface area contributed by atoms with Crippen LogP contribution in [0.3, 0.4) is 0 Å². The van der Waals surface area contributed by atoms with Crippen LogP contribution in [-0.4, -0.2) is 30.4 Å². The second kappa shape index (κ2) is 9.32. The van der Waals surface area contributed by atoms with Gasteiger partial charge in [-0.3, -0.25) is 0 Å². The van der Waals surface area contributed by atoms with E-state index in [1.165, 1.54) is 0 Å². The Kier molecular flexibility index (Phi) is 6.15. The fourth-order valence-electron chi connectivity index (χ4n) is 3.35. The van der Waals surface area contributed by atoms with Gasteiger partial charge in [0.2, 0.25) is 0 Å². The molecule has 5 nitrogen and oxygen atoms in total. The van der Waals surface area contributed by atoms with Gasteiger partial charge in [-0.05, 0) is 29.7 Å². The minimum Gasteiger partial charge on any atom is -0.489 e. The topological polar surface area (TPSA) is 65.0 Å². The molecule has 0 saturated heterocycles. The molecular formula is C26H22O5. The number of hydrogen-bond donors (Lipinski definition) is 1. The van der Waals surface area contributed by atoms with Crippen molar-refractivity contribution in [3.63, 3.8) is 0 Å². The molecule has 156 valence electrons. The normalized spacial score (nSPS) is 11.8. The summed E-state index contributed by atoms with van der Waals surface area (Å²) in [5.41, 5.74) is 0. The van der Waals surface area contributed by atoms with Crippen molar-refractivity contribution in [3.05, 3.63) is 91.5 Å². The summed E-state index contributed by atoms with van der Waals surface area (Å²) < 4.78 is 17.1. The number of esters is 1. The standard InChI is InChI=1S/C26H22O5/c1-2-25(28)29-16-19(27)17-30-26-21-12-7-6-9-18(21)15-23-22(26)13-8-14-24(23)31-20-10-4-3-5-11-20/h2-15,19,27H,1,16-17H2. The van der Waals surface area contributed by atoms with Crippen molar-refractivity contribution in [2.75, 3.05) is 13.2 Å². The summed E-state index contributed by atoms with van der Waals surface area (Å²) in [5, 5.41) is 13.9. The van der Waals surface area contributed by atoms with Gasteiger partial charge in [-0.2, -0.15) is 0 Å². The van der Waals surface area contributed by atoms with Gasteiger partial charge in [0.05, 0.1) is 0 Å². The largest absolute Gasteiger partial charge is 0.489 e. The van der Waals surface area contributed by atoms with Crippen LogP contribution in [0.25, 0.3) is 21.5 Å². The minimum atomic E-state index is -0.971. The maximum absolute atomic E-state index is 11.2. The first-order valence-corrected chi connectivity index (χ1v) is 9.93. The zero-order valence-electron chi connectivity index (χ0n) is 16.9. The number of carbonyl (C=O) groups excluding carboxylic acids is 1. The number of aliphatic hydroxyl groups is 1. The fourth-order valence-corrected chi connectivity index (χ4v) is 3.35. The molecule has 0 saturated carbocycles. The van der Waals surface area contributed by atoms with E-state index in [9.17, 15) is 9.90 Å². The Balaban J connectivity index is 1.70. The van der Waals surface area contributed by atoms with Crippen molar-refractivity contribution in [1.29, 1.82) is 0 Å². The van der Waals surface area contributed by atoms with Crippen LogP contribution in [0, 0.1) is 0 Å². The molecule has 1 atom stereocenters. The molecule has 0 aliphatic carbocycles. The Morgan fingerprint density at radius 3 is 2.45 bits per heavy atom. The van der Waals surface area contributed by atoms with Crippen LogP contribution < -0.4 is 9.47 Å². The summed E-state index contributed by atoms with van der Waals surface area (Å²) >= 11 is 0. The van der Waals surface area contributed by atoms with Gasteiger partial charge in [0, 0.05) is 22.2 Å². The van der Waals surface area contributed by atoms with E-state index in [-0.39, 0.29) is 13.2 Å². The van der Waals surface area contributed by atoms with Gasteiger partial charge in [0.25, 0.3) is 0 Å². The zero-order chi connectivity index (χ0) is 21.6. The molecule has 4 aromatic rings.